The molecular weight excluding hydrogens is 731 g/mol. The van der Waals surface area contributed by atoms with Crippen molar-refractivity contribution in [3.63, 3.8) is 0 Å². The Balaban J connectivity index is 0.000000196. The molecule has 2 aromatic rings. The van der Waals surface area contributed by atoms with Gasteiger partial charge in [-0.1, -0.05) is 24.3 Å². The van der Waals surface area contributed by atoms with E-state index in [1.165, 1.54) is 25.9 Å². The van der Waals surface area contributed by atoms with Crippen molar-refractivity contribution in [2.75, 3.05) is 113 Å². The van der Waals surface area contributed by atoms with Crippen molar-refractivity contribution < 1.29 is 28.5 Å². The Kier molecular flexibility index (Phi) is 16.3. The molecule has 2 aromatic carbocycles. The number of likely N-dealkylation sites (N-methyl/N-ethyl adjacent to an activating group) is 2. The van der Waals surface area contributed by atoms with Crippen molar-refractivity contribution in [2.24, 2.45) is 0 Å². The standard InChI is InChI=1S/C24H37N3O3.C23H36N2O3/c1-25-14-16-27(17-15-25)23(28)24(9-19-29-20-10-24)21-5-7-22(8-6-21)30-18-4-13-26-11-2-3-12-26;1-5-24(4)22(26)23(12-16-27-17-13-23)19-6-8-20(9-7-19)28-21-10-14-25(15-11-21)18(2)3/h5-8H,2-4,9-20H2,1H3;6-9,18,21H,5,10-17H2,1-4H3. The molecule has 2 amide bonds. The Morgan fingerprint density at radius 1 is 0.759 bits per heavy atom. The van der Waals surface area contributed by atoms with Crippen LogP contribution in [0, 0.1) is 0 Å². The van der Waals surface area contributed by atoms with Crippen LogP contribution in [0.15, 0.2) is 48.5 Å². The first-order valence-corrected chi connectivity index (χ1v) is 22.5. The van der Waals surface area contributed by atoms with E-state index in [2.05, 4.69) is 64.8 Å². The van der Waals surface area contributed by atoms with Gasteiger partial charge in [-0.15, -0.1) is 0 Å². The predicted octanol–water partition coefficient (Wildman–Crippen LogP) is 5.84. The van der Waals surface area contributed by atoms with Gasteiger partial charge in [0.25, 0.3) is 0 Å². The predicted molar refractivity (Wildman–Crippen MR) is 230 cm³/mol. The normalized spacial score (nSPS) is 21.9. The summed E-state index contributed by atoms with van der Waals surface area (Å²) in [6, 6.07) is 17.2. The number of hydrogen-bond donors (Lipinski definition) is 0. The van der Waals surface area contributed by atoms with E-state index in [1.807, 2.05) is 43.1 Å². The third kappa shape index (κ3) is 11.1. The lowest BCUT2D eigenvalue weighted by atomic mass is 9.73. The minimum atomic E-state index is -0.468. The molecular formula is C47H73N5O6. The second kappa shape index (κ2) is 21.3. The van der Waals surface area contributed by atoms with Gasteiger partial charge in [0.15, 0.2) is 0 Å². The zero-order chi connectivity index (χ0) is 41.0. The minimum absolute atomic E-state index is 0.202. The molecule has 0 spiro atoms. The topological polar surface area (TPSA) is 87.3 Å². The number of carbonyl (C=O) groups is 2. The van der Waals surface area contributed by atoms with Gasteiger partial charge in [-0.2, -0.15) is 0 Å². The maximum absolute atomic E-state index is 13.6. The molecule has 0 radical (unpaired) electrons. The zero-order valence-electron chi connectivity index (χ0n) is 36.4. The molecule has 322 valence electrons. The van der Waals surface area contributed by atoms with Gasteiger partial charge >= 0.3 is 0 Å². The average molecular weight is 804 g/mol. The lowest BCUT2D eigenvalue weighted by Crippen LogP contribution is -2.55. The molecule has 7 rings (SSSR count). The molecule has 5 saturated heterocycles. The minimum Gasteiger partial charge on any atom is -0.494 e. The summed E-state index contributed by atoms with van der Waals surface area (Å²) in [7, 11) is 4.01. The van der Waals surface area contributed by atoms with Gasteiger partial charge in [0.05, 0.1) is 17.4 Å². The summed E-state index contributed by atoms with van der Waals surface area (Å²) in [6.07, 6.45) is 9.15. The SMILES string of the molecule is CCN(C)C(=O)C1(c2ccc(OC3CCN(C(C)C)CC3)cc2)CCOCC1.CN1CCN(C(=O)C2(c3ccc(OCCCN4CCCC4)cc3)CCOCC2)CC1. The Morgan fingerprint density at radius 2 is 1.29 bits per heavy atom. The maximum Gasteiger partial charge on any atom is 0.233 e. The summed E-state index contributed by atoms with van der Waals surface area (Å²) in [5.41, 5.74) is 1.27. The van der Waals surface area contributed by atoms with Crippen LogP contribution in [0.4, 0.5) is 0 Å². The molecule has 58 heavy (non-hydrogen) atoms. The number of hydrogen-bond acceptors (Lipinski definition) is 9. The highest BCUT2D eigenvalue weighted by molar-refractivity contribution is 5.89. The lowest BCUT2D eigenvalue weighted by Gasteiger charge is -2.42. The van der Waals surface area contributed by atoms with Gasteiger partial charge in [0.1, 0.15) is 17.6 Å². The highest BCUT2D eigenvalue weighted by Crippen LogP contribution is 2.39. The number of amides is 2. The first-order valence-electron chi connectivity index (χ1n) is 22.5. The number of likely N-dealkylation sites (tertiary alicyclic amines) is 2. The molecule has 5 heterocycles. The van der Waals surface area contributed by atoms with E-state index in [0.29, 0.717) is 32.5 Å². The lowest BCUT2D eigenvalue weighted by molar-refractivity contribution is -0.143. The van der Waals surface area contributed by atoms with E-state index in [4.69, 9.17) is 18.9 Å². The number of rotatable bonds is 13. The van der Waals surface area contributed by atoms with Crippen LogP contribution in [-0.4, -0.2) is 161 Å². The van der Waals surface area contributed by atoms with E-state index in [9.17, 15) is 9.59 Å². The second-order valence-corrected chi connectivity index (χ2v) is 17.6. The molecule has 0 aromatic heterocycles. The Labute approximate surface area is 349 Å². The summed E-state index contributed by atoms with van der Waals surface area (Å²) in [5.74, 6) is 2.28. The summed E-state index contributed by atoms with van der Waals surface area (Å²) < 4.78 is 23.4. The summed E-state index contributed by atoms with van der Waals surface area (Å²) in [5, 5.41) is 0. The quantitative estimate of drug-likeness (QED) is 0.232. The molecule has 0 unspecified atom stereocenters. The molecule has 5 aliphatic heterocycles. The molecule has 5 fully saturated rings. The number of piperazine rings is 1. The highest BCUT2D eigenvalue weighted by atomic mass is 16.5. The van der Waals surface area contributed by atoms with Crippen molar-refractivity contribution in [3.05, 3.63) is 59.7 Å². The average Bonchev–Trinajstić information content (AvgIpc) is 3.80. The first kappa shape index (κ1) is 44.3. The van der Waals surface area contributed by atoms with Gasteiger partial charge in [-0.05, 0) is 134 Å². The first-order chi connectivity index (χ1) is 28.1. The van der Waals surface area contributed by atoms with Crippen LogP contribution in [0.5, 0.6) is 11.5 Å². The van der Waals surface area contributed by atoms with E-state index >= 15 is 0 Å². The summed E-state index contributed by atoms with van der Waals surface area (Å²) in [6.45, 7) is 19.9. The number of piperidine rings is 1. The number of carbonyl (C=O) groups excluding carboxylic acids is 2. The smallest absolute Gasteiger partial charge is 0.233 e. The highest BCUT2D eigenvalue weighted by Gasteiger charge is 2.45. The van der Waals surface area contributed by atoms with Gasteiger partial charge in [-0.3, -0.25) is 9.59 Å². The fourth-order valence-electron chi connectivity index (χ4n) is 9.42. The summed E-state index contributed by atoms with van der Waals surface area (Å²) in [4.78, 5) is 38.0. The Bertz CT molecular complexity index is 1540. The molecule has 11 heteroatoms. The fourth-order valence-corrected chi connectivity index (χ4v) is 9.42. The van der Waals surface area contributed by atoms with Crippen LogP contribution in [0.25, 0.3) is 0 Å². The molecule has 0 atom stereocenters. The van der Waals surface area contributed by atoms with Crippen molar-refractivity contribution in [3.8, 4) is 11.5 Å². The van der Waals surface area contributed by atoms with Crippen molar-refractivity contribution in [1.29, 1.82) is 0 Å². The second-order valence-electron chi connectivity index (χ2n) is 17.6. The van der Waals surface area contributed by atoms with Crippen molar-refractivity contribution >= 4 is 11.8 Å². The van der Waals surface area contributed by atoms with Crippen LogP contribution in [0.3, 0.4) is 0 Å². The third-order valence-electron chi connectivity index (χ3n) is 13.5. The molecule has 0 aliphatic carbocycles. The van der Waals surface area contributed by atoms with Gasteiger partial charge < -0.3 is 43.4 Å². The van der Waals surface area contributed by atoms with Crippen molar-refractivity contribution in [2.45, 2.75) is 102 Å². The van der Waals surface area contributed by atoms with E-state index in [-0.39, 0.29) is 17.9 Å². The number of benzene rings is 2. The van der Waals surface area contributed by atoms with Crippen LogP contribution in [-0.2, 0) is 29.9 Å². The van der Waals surface area contributed by atoms with E-state index in [0.717, 1.165) is 127 Å². The number of nitrogens with zero attached hydrogens (tertiary/aromatic N) is 5. The van der Waals surface area contributed by atoms with Crippen LogP contribution < -0.4 is 9.47 Å². The number of ether oxygens (including phenoxy) is 4. The Morgan fingerprint density at radius 3 is 1.84 bits per heavy atom. The largest absolute Gasteiger partial charge is 0.494 e. The third-order valence-corrected chi connectivity index (χ3v) is 13.5. The summed E-state index contributed by atoms with van der Waals surface area (Å²) >= 11 is 0. The van der Waals surface area contributed by atoms with Crippen LogP contribution in [0.2, 0.25) is 0 Å². The molecule has 5 aliphatic rings. The monoisotopic (exact) mass is 804 g/mol. The molecule has 0 bridgehead atoms. The fraction of sp³-hybridized carbons (Fsp3) is 0.702. The molecule has 0 saturated carbocycles. The molecule has 11 nitrogen and oxygen atoms in total. The maximum atomic E-state index is 13.6. The van der Waals surface area contributed by atoms with E-state index < -0.39 is 10.8 Å². The van der Waals surface area contributed by atoms with Crippen LogP contribution in [0.1, 0.15) is 89.7 Å². The van der Waals surface area contributed by atoms with E-state index in [1.54, 1.807) is 0 Å². The van der Waals surface area contributed by atoms with Crippen LogP contribution >= 0.6 is 0 Å². The molecule has 0 N–H and O–H groups in total. The Hall–Kier alpha value is -3.22. The van der Waals surface area contributed by atoms with Gasteiger partial charge in [0, 0.05) is 91.9 Å². The van der Waals surface area contributed by atoms with Crippen molar-refractivity contribution in [1.82, 2.24) is 24.5 Å². The van der Waals surface area contributed by atoms with Gasteiger partial charge in [-0.25, -0.2) is 0 Å². The zero-order valence-corrected chi connectivity index (χ0v) is 36.4. The van der Waals surface area contributed by atoms with Gasteiger partial charge in [0.2, 0.25) is 11.8 Å².